The molecule has 9 nitrogen and oxygen atoms in total. The topological polar surface area (TPSA) is 133 Å². The van der Waals surface area contributed by atoms with Gasteiger partial charge in [-0.1, -0.05) is 0 Å². The molecule has 114 valence electrons. The summed E-state index contributed by atoms with van der Waals surface area (Å²) in [6, 6.07) is 1.81. The Morgan fingerprint density at radius 2 is 2.29 bits per heavy atom. The number of nitrogens with two attached hydrogens (primary N) is 1. The third kappa shape index (κ3) is 3.07. The van der Waals surface area contributed by atoms with Crippen LogP contribution in [0.3, 0.4) is 0 Å². The minimum Gasteiger partial charge on any atom is -0.383 e. The van der Waals surface area contributed by atoms with Gasteiger partial charge in [-0.2, -0.15) is 0 Å². The van der Waals surface area contributed by atoms with Gasteiger partial charge in [0.25, 0.3) is 0 Å². The lowest BCUT2D eigenvalue weighted by Crippen LogP contribution is -2.16. The average molecular weight is 314 g/mol. The quantitative estimate of drug-likeness (QED) is 0.706. The predicted octanol–water partition coefficient (Wildman–Crippen LogP) is 0.800. The van der Waals surface area contributed by atoms with Crippen molar-refractivity contribution in [1.29, 1.82) is 0 Å². The van der Waals surface area contributed by atoms with Crippen LogP contribution in [0.5, 0.6) is 0 Å². The van der Waals surface area contributed by atoms with E-state index in [-0.39, 0.29) is 18.9 Å². The molecule has 0 amide bonds. The molecule has 4 N–H and O–H groups in total. The number of phosphoric ester groups is 1. The first kappa shape index (κ1) is 14.4. The van der Waals surface area contributed by atoms with Crippen LogP contribution in [-0.2, 0) is 13.8 Å². The fraction of sp³-hybridized carbons (Fsp3) is 0.455. The highest BCUT2D eigenvalue weighted by molar-refractivity contribution is 7.46. The molecule has 1 fully saturated rings. The molecule has 2 aromatic heterocycles. The molecule has 2 aromatic rings. The number of nitrogen functional groups attached to an aromatic ring is 1. The smallest absolute Gasteiger partial charge is 0.383 e. The number of hydrogen-bond acceptors (Lipinski definition) is 6. The van der Waals surface area contributed by atoms with E-state index in [0.29, 0.717) is 24.3 Å². The predicted molar refractivity (Wildman–Crippen MR) is 73.1 cm³/mol. The molecule has 21 heavy (non-hydrogen) atoms. The first-order chi connectivity index (χ1) is 9.94. The molecule has 0 aromatic carbocycles. The molecule has 0 aliphatic carbocycles. The molecular formula is C11H15N4O5P. The minimum atomic E-state index is -4.47. The maximum atomic E-state index is 10.7. The van der Waals surface area contributed by atoms with Gasteiger partial charge in [0.1, 0.15) is 24.0 Å². The largest absolute Gasteiger partial charge is 0.469 e. The molecule has 10 heteroatoms. The van der Waals surface area contributed by atoms with E-state index in [0.717, 1.165) is 5.39 Å². The Kier molecular flexibility index (Phi) is 3.68. The third-order valence-electron chi connectivity index (χ3n) is 3.36. The highest BCUT2D eigenvalue weighted by atomic mass is 31.2. The lowest BCUT2D eigenvalue weighted by molar-refractivity contribution is -0.0202. The maximum Gasteiger partial charge on any atom is 0.469 e. The van der Waals surface area contributed by atoms with Gasteiger partial charge in [0.15, 0.2) is 0 Å². The van der Waals surface area contributed by atoms with Crippen LogP contribution >= 0.6 is 7.82 Å². The molecule has 0 saturated carbocycles. The second kappa shape index (κ2) is 5.36. The van der Waals surface area contributed by atoms with E-state index in [9.17, 15) is 4.57 Å². The summed E-state index contributed by atoms with van der Waals surface area (Å²) in [6.45, 7) is -0.142. The van der Waals surface area contributed by atoms with Gasteiger partial charge >= 0.3 is 7.82 Å². The fourth-order valence-corrected chi connectivity index (χ4v) is 2.78. The fourth-order valence-electron chi connectivity index (χ4n) is 2.42. The van der Waals surface area contributed by atoms with Crippen LogP contribution in [0.1, 0.15) is 19.1 Å². The lowest BCUT2D eigenvalue weighted by Gasteiger charge is -2.16. The van der Waals surface area contributed by atoms with Crippen LogP contribution in [0, 0.1) is 0 Å². The van der Waals surface area contributed by atoms with Crippen LogP contribution in [-0.4, -0.2) is 37.0 Å². The first-order valence-electron chi connectivity index (χ1n) is 6.36. The van der Waals surface area contributed by atoms with Crippen molar-refractivity contribution in [3.8, 4) is 0 Å². The van der Waals surface area contributed by atoms with Gasteiger partial charge in [0.05, 0.1) is 18.1 Å². The van der Waals surface area contributed by atoms with Crippen molar-refractivity contribution in [3.05, 3.63) is 18.6 Å². The van der Waals surface area contributed by atoms with Crippen LogP contribution in [0.4, 0.5) is 5.82 Å². The first-order valence-corrected chi connectivity index (χ1v) is 7.89. The number of phosphoric acid groups is 1. The van der Waals surface area contributed by atoms with E-state index in [2.05, 4.69) is 14.5 Å². The summed E-state index contributed by atoms with van der Waals surface area (Å²) >= 11 is 0. The molecule has 0 unspecified atom stereocenters. The Morgan fingerprint density at radius 1 is 1.48 bits per heavy atom. The zero-order valence-electron chi connectivity index (χ0n) is 11.0. The lowest BCUT2D eigenvalue weighted by atomic mass is 10.2. The van der Waals surface area contributed by atoms with Crippen molar-refractivity contribution < 1.29 is 23.6 Å². The number of hydrogen-bond donors (Lipinski definition) is 3. The molecule has 3 heterocycles. The van der Waals surface area contributed by atoms with Gasteiger partial charge in [-0.25, -0.2) is 14.5 Å². The van der Waals surface area contributed by atoms with E-state index in [1.807, 2.05) is 16.8 Å². The summed E-state index contributed by atoms with van der Waals surface area (Å²) in [5.41, 5.74) is 6.45. The molecule has 1 aliphatic rings. The van der Waals surface area contributed by atoms with E-state index in [4.69, 9.17) is 20.3 Å². The third-order valence-corrected chi connectivity index (χ3v) is 3.85. The molecule has 0 bridgehead atoms. The monoisotopic (exact) mass is 314 g/mol. The highest BCUT2D eigenvalue weighted by Crippen LogP contribution is 2.38. The number of rotatable bonds is 4. The van der Waals surface area contributed by atoms with Gasteiger partial charge < -0.3 is 24.8 Å². The Balaban J connectivity index is 1.73. The van der Waals surface area contributed by atoms with Gasteiger partial charge in [-0.15, -0.1) is 0 Å². The van der Waals surface area contributed by atoms with E-state index in [1.54, 1.807) is 0 Å². The molecule has 1 saturated heterocycles. The Bertz CT molecular complexity index is 699. The Hall–Kier alpha value is -1.51. The molecule has 3 rings (SSSR count). The normalized spacial score (nSPS) is 23.0. The number of fused-ring (bicyclic) bond motifs is 1. The summed E-state index contributed by atoms with van der Waals surface area (Å²) in [7, 11) is -4.47. The maximum absolute atomic E-state index is 10.7. The van der Waals surface area contributed by atoms with Crippen LogP contribution < -0.4 is 5.73 Å². The summed E-state index contributed by atoms with van der Waals surface area (Å²) < 4.78 is 22.7. The summed E-state index contributed by atoms with van der Waals surface area (Å²) in [5, 5.41) is 0.746. The van der Waals surface area contributed by atoms with Gasteiger partial charge in [0, 0.05) is 6.20 Å². The van der Waals surface area contributed by atoms with Crippen molar-refractivity contribution in [1.82, 2.24) is 14.5 Å². The number of anilines is 1. The summed E-state index contributed by atoms with van der Waals surface area (Å²) in [4.78, 5) is 25.5. The SMILES string of the molecule is Nc1ncnc2c1ccn2[C@@H]1CC[C@H](COP(=O)(O)O)O1. The van der Waals surface area contributed by atoms with E-state index < -0.39 is 7.82 Å². The Labute approximate surface area is 119 Å². The highest BCUT2D eigenvalue weighted by Gasteiger charge is 2.29. The molecule has 0 radical (unpaired) electrons. The second-order valence-electron chi connectivity index (χ2n) is 4.80. The zero-order valence-corrected chi connectivity index (χ0v) is 11.9. The van der Waals surface area contributed by atoms with Gasteiger partial charge in [-0.05, 0) is 18.9 Å². The Morgan fingerprint density at radius 3 is 3.05 bits per heavy atom. The van der Waals surface area contributed by atoms with Gasteiger partial charge in [-0.3, -0.25) is 4.52 Å². The van der Waals surface area contributed by atoms with Crippen molar-refractivity contribution in [2.75, 3.05) is 12.3 Å². The van der Waals surface area contributed by atoms with Crippen molar-refractivity contribution in [2.45, 2.75) is 25.2 Å². The minimum absolute atomic E-state index is 0.142. The number of nitrogens with zero attached hydrogens (tertiary/aromatic N) is 3. The average Bonchev–Trinajstić information content (AvgIpc) is 3.02. The van der Waals surface area contributed by atoms with E-state index in [1.165, 1.54) is 6.33 Å². The van der Waals surface area contributed by atoms with Gasteiger partial charge in [0.2, 0.25) is 0 Å². The molecular weight excluding hydrogens is 299 g/mol. The summed E-state index contributed by atoms with van der Waals surface area (Å²) in [5.74, 6) is 0.401. The van der Waals surface area contributed by atoms with E-state index >= 15 is 0 Å². The summed E-state index contributed by atoms with van der Waals surface area (Å²) in [6.07, 6.45) is 3.92. The van der Waals surface area contributed by atoms with Crippen LogP contribution in [0.15, 0.2) is 18.6 Å². The number of aromatic nitrogens is 3. The second-order valence-corrected chi connectivity index (χ2v) is 6.03. The van der Waals surface area contributed by atoms with Crippen molar-refractivity contribution >= 4 is 24.7 Å². The van der Waals surface area contributed by atoms with Crippen LogP contribution in [0.25, 0.3) is 11.0 Å². The number of ether oxygens (including phenoxy) is 1. The molecule has 0 spiro atoms. The molecule has 1 aliphatic heterocycles. The van der Waals surface area contributed by atoms with Crippen molar-refractivity contribution in [2.24, 2.45) is 0 Å². The zero-order chi connectivity index (χ0) is 15.0. The standard InChI is InChI=1S/C11H15N4O5P/c12-10-8-3-4-15(11(8)14-6-13-10)9-2-1-7(20-9)5-19-21(16,17)18/h3-4,6-7,9H,1-2,5H2,(H2,12,13,14)(H2,16,17,18)/t7-,9+/m1/s1. The van der Waals surface area contributed by atoms with Crippen molar-refractivity contribution in [3.63, 3.8) is 0 Å². The van der Waals surface area contributed by atoms with Crippen LogP contribution in [0.2, 0.25) is 0 Å². The molecule has 2 atom stereocenters.